The van der Waals surface area contributed by atoms with E-state index < -0.39 is 0 Å². The van der Waals surface area contributed by atoms with Crippen LogP contribution in [0.1, 0.15) is 20.9 Å². The molecule has 2 aromatic carbocycles. The molecule has 1 aliphatic heterocycles. The molecule has 0 unspecified atom stereocenters. The number of benzene rings is 2. The van der Waals surface area contributed by atoms with Gasteiger partial charge in [0.05, 0.1) is 30.9 Å². The third-order valence-electron chi connectivity index (χ3n) is 5.69. The Labute approximate surface area is 196 Å². The van der Waals surface area contributed by atoms with E-state index in [4.69, 9.17) is 19.4 Å². The highest BCUT2D eigenvalue weighted by Crippen LogP contribution is 2.40. The van der Waals surface area contributed by atoms with Gasteiger partial charge in [0.1, 0.15) is 9.71 Å². The predicted molar refractivity (Wildman–Crippen MR) is 130 cm³/mol. The Morgan fingerprint density at radius 2 is 1.73 bits per heavy atom. The third-order valence-corrected chi connectivity index (χ3v) is 6.75. The Balaban J connectivity index is 1.53. The molecule has 2 aromatic heterocycles. The van der Waals surface area contributed by atoms with Crippen molar-refractivity contribution in [3.05, 3.63) is 76.8 Å². The van der Waals surface area contributed by atoms with Crippen LogP contribution >= 0.6 is 11.3 Å². The van der Waals surface area contributed by atoms with Crippen LogP contribution in [-0.4, -0.2) is 53.7 Å². The summed E-state index contributed by atoms with van der Waals surface area (Å²) in [5.41, 5.74) is 2.95. The molecule has 0 atom stereocenters. The Hall–Kier alpha value is -3.29. The van der Waals surface area contributed by atoms with E-state index in [0.29, 0.717) is 49.4 Å². The molecule has 1 fully saturated rings. The summed E-state index contributed by atoms with van der Waals surface area (Å²) in [5.74, 6) is 1.22. The van der Waals surface area contributed by atoms with E-state index in [1.54, 1.807) is 0 Å². The van der Waals surface area contributed by atoms with Crippen LogP contribution in [0, 0.1) is 6.92 Å². The van der Waals surface area contributed by atoms with Crippen LogP contribution in [0.2, 0.25) is 0 Å². The lowest BCUT2D eigenvalue weighted by atomic mass is 10.1. The fraction of sp³-hybridized carbons (Fsp3) is 0.269. The minimum Gasteiger partial charge on any atom is -0.491 e. The summed E-state index contributed by atoms with van der Waals surface area (Å²) in [4.78, 5) is 26.2. The summed E-state index contributed by atoms with van der Waals surface area (Å²) in [5, 5.41) is 0.823. The standard InChI is InChI=1S/C26H25N3O3S/c1-18-21-22(32-15-12-19-8-4-2-5-9-19)23(26(30)29-13-16-31-17-14-29)33-25(21)28-24(27-18)20-10-6-3-7-11-20/h2-11H,12-17H2,1H3. The summed E-state index contributed by atoms with van der Waals surface area (Å²) < 4.78 is 11.7. The maximum absolute atomic E-state index is 13.4. The first-order chi connectivity index (χ1) is 16.2. The minimum atomic E-state index is -0.0309. The summed E-state index contributed by atoms with van der Waals surface area (Å²) in [6, 6.07) is 20.1. The molecule has 3 heterocycles. The Bertz CT molecular complexity index is 1250. The number of carbonyl (C=O) groups excluding carboxylic acids is 1. The van der Waals surface area contributed by atoms with Crippen LogP contribution in [0.4, 0.5) is 0 Å². The predicted octanol–water partition coefficient (Wildman–Crippen LogP) is 4.76. The van der Waals surface area contributed by atoms with Crippen LogP contribution in [0.5, 0.6) is 5.75 Å². The molecule has 0 aliphatic carbocycles. The lowest BCUT2D eigenvalue weighted by Crippen LogP contribution is -2.40. The van der Waals surface area contributed by atoms with Crippen molar-refractivity contribution in [3.8, 4) is 17.1 Å². The number of hydrogen-bond donors (Lipinski definition) is 0. The van der Waals surface area contributed by atoms with Crippen LogP contribution in [0.25, 0.3) is 21.6 Å². The average molecular weight is 460 g/mol. The van der Waals surface area contributed by atoms with Gasteiger partial charge < -0.3 is 14.4 Å². The maximum atomic E-state index is 13.4. The van der Waals surface area contributed by atoms with Gasteiger partial charge in [-0.3, -0.25) is 4.79 Å². The number of nitrogens with zero attached hydrogens (tertiary/aromatic N) is 3. The second-order valence-electron chi connectivity index (χ2n) is 7.93. The molecule has 168 valence electrons. The number of morpholine rings is 1. The smallest absolute Gasteiger partial charge is 0.268 e. The molecule has 0 radical (unpaired) electrons. The van der Waals surface area contributed by atoms with Crippen molar-refractivity contribution in [2.24, 2.45) is 0 Å². The SMILES string of the molecule is Cc1nc(-c2ccccc2)nc2sc(C(=O)N3CCOCC3)c(OCCc3ccccc3)c12. The lowest BCUT2D eigenvalue weighted by molar-refractivity contribution is 0.0304. The summed E-state index contributed by atoms with van der Waals surface area (Å²) >= 11 is 1.39. The lowest BCUT2D eigenvalue weighted by Gasteiger charge is -2.26. The zero-order valence-corrected chi connectivity index (χ0v) is 19.3. The average Bonchev–Trinajstić information content (AvgIpc) is 3.24. The van der Waals surface area contributed by atoms with Gasteiger partial charge in [0, 0.05) is 25.1 Å². The van der Waals surface area contributed by atoms with Gasteiger partial charge in [-0.25, -0.2) is 9.97 Å². The molecule has 1 saturated heterocycles. The number of hydrogen-bond acceptors (Lipinski definition) is 6. The van der Waals surface area contributed by atoms with Crippen LogP contribution < -0.4 is 4.74 Å². The molecule has 5 rings (SSSR count). The van der Waals surface area contributed by atoms with E-state index >= 15 is 0 Å². The molecule has 7 heteroatoms. The van der Waals surface area contributed by atoms with E-state index in [1.165, 1.54) is 16.9 Å². The van der Waals surface area contributed by atoms with Crippen molar-refractivity contribution < 1.29 is 14.3 Å². The van der Waals surface area contributed by atoms with Crippen molar-refractivity contribution in [1.29, 1.82) is 0 Å². The molecule has 4 aromatic rings. The molecule has 1 aliphatic rings. The number of amides is 1. The zero-order valence-electron chi connectivity index (χ0n) is 18.5. The Morgan fingerprint density at radius 1 is 1.03 bits per heavy atom. The molecule has 0 bridgehead atoms. The van der Waals surface area contributed by atoms with Gasteiger partial charge in [0.25, 0.3) is 5.91 Å². The van der Waals surface area contributed by atoms with Gasteiger partial charge in [0.2, 0.25) is 0 Å². The van der Waals surface area contributed by atoms with Gasteiger partial charge in [0.15, 0.2) is 11.6 Å². The van der Waals surface area contributed by atoms with Gasteiger partial charge >= 0.3 is 0 Å². The molecule has 33 heavy (non-hydrogen) atoms. The molecule has 0 N–H and O–H groups in total. The second kappa shape index (κ2) is 9.68. The highest BCUT2D eigenvalue weighted by Gasteiger charge is 2.28. The third kappa shape index (κ3) is 4.60. The van der Waals surface area contributed by atoms with Crippen LogP contribution in [0.3, 0.4) is 0 Å². The molecule has 6 nitrogen and oxygen atoms in total. The van der Waals surface area contributed by atoms with Gasteiger partial charge in [-0.2, -0.15) is 0 Å². The summed E-state index contributed by atoms with van der Waals surface area (Å²) in [6.45, 7) is 4.69. The minimum absolute atomic E-state index is 0.0309. The largest absolute Gasteiger partial charge is 0.491 e. The highest BCUT2D eigenvalue weighted by atomic mass is 32.1. The highest BCUT2D eigenvalue weighted by molar-refractivity contribution is 7.21. The fourth-order valence-corrected chi connectivity index (χ4v) is 5.10. The summed E-state index contributed by atoms with van der Waals surface area (Å²) in [7, 11) is 0. The molecular formula is C26H25N3O3S. The number of carbonyl (C=O) groups is 1. The number of thiophene rings is 1. The number of aryl methyl sites for hydroxylation is 1. The quantitative estimate of drug-likeness (QED) is 0.416. The maximum Gasteiger partial charge on any atom is 0.268 e. The first-order valence-corrected chi connectivity index (χ1v) is 11.9. The van der Waals surface area contributed by atoms with Gasteiger partial charge in [-0.15, -0.1) is 11.3 Å². The molecule has 0 spiro atoms. The molecule has 0 saturated carbocycles. The Morgan fingerprint density at radius 3 is 2.45 bits per heavy atom. The van der Waals surface area contributed by atoms with Gasteiger partial charge in [-0.05, 0) is 12.5 Å². The first-order valence-electron chi connectivity index (χ1n) is 11.1. The molecular weight excluding hydrogens is 434 g/mol. The van der Waals surface area contributed by atoms with E-state index in [1.807, 2.05) is 60.4 Å². The monoisotopic (exact) mass is 459 g/mol. The normalized spacial score (nSPS) is 13.9. The summed E-state index contributed by atoms with van der Waals surface area (Å²) in [6.07, 6.45) is 0.755. The number of ether oxygens (including phenoxy) is 2. The van der Waals surface area contributed by atoms with E-state index in [2.05, 4.69) is 12.1 Å². The van der Waals surface area contributed by atoms with Crippen LogP contribution in [-0.2, 0) is 11.2 Å². The number of aromatic nitrogens is 2. The van der Waals surface area contributed by atoms with E-state index in [0.717, 1.165) is 27.9 Å². The molecule has 1 amide bonds. The van der Waals surface area contributed by atoms with Gasteiger partial charge in [-0.1, -0.05) is 60.7 Å². The van der Waals surface area contributed by atoms with Crippen molar-refractivity contribution in [1.82, 2.24) is 14.9 Å². The number of fused-ring (bicyclic) bond motifs is 1. The first kappa shape index (κ1) is 21.6. The van der Waals surface area contributed by atoms with E-state index in [-0.39, 0.29) is 5.91 Å². The zero-order chi connectivity index (χ0) is 22.6. The van der Waals surface area contributed by atoms with Crippen molar-refractivity contribution in [2.75, 3.05) is 32.9 Å². The second-order valence-corrected chi connectivity index (χ2v) is 8.93. The number of rotatable bonds is 6. The van der Waals surface area contributed by atoms with E-state index in [9.17, 15) is 4.79 Å². The fourth-order valence-electron chi connectivity index (χ4n) is 3.96. The van der Waals surface area contributed by atoms with Crippen molar-refractivity contribution >= 4 is 27.5 Å². The Kier molecular flexibility index (Phi) is 6.32. The van der Waals surface area contributed by atoms with Crippen molar-refractivity contribution in [2.45, 2.75) is 13.3 Å². The van der Waals surface area contributed by atoms with Crippen LogP contribution in [0.15, 0.2) is 60.7 Å². The van der Waals surface area contributed by atoms with Crippen molar-refractivity contribution in [3.63, 3.8) is 0 Å². The topological polar surface area (TPSA) is 64.6 Å².